The van der Waals surface area contributed by atoms with Crippen LogP contribution in [0.4, 0.5) is 29.9 Å². The summed E-state index contributed by atoms with van der Waals surface area (Å²) in [4.78, 5) is 99.8. The zero-order valence-electron chi connectivity index (χ0n) is 45.7. The molecule has 6 aliphatic rings. The summed E-state index contributed by atoms with van der Waals surface area (Å²) in [7, 11) is 1.48. The van der Waals surface area contributed by atoms with E-state index in [1.54, 1.807) is 36.5 Å². The van der Waals surface area contributed by atoms with Gasteiger partial charge in [0.2, 0.25) is 11.8 Å². The van der Waals surface area contributed by atoms with E-state index in [0.717, 1.165) is 50.0 Å². The Balaban J connectivity index is 0.780. The Labute approximate surface area is 466 Å². The standard InChI is InChI=1S/C59H64F2N10O10/c1-6-38-42(60)15-12-33-26-37(80-32-78-5)27-40(47(33)38)50-49(61)51-41(28-64-50)52(68-29-34-13-14-35(30-68)70(34)57(77)81-58(2,3)4)66-45(65-51)19-22-59-20-8-25-69(59)36(18-21-59)31-79-56(76)63-24-9-23-62-43-11-7-10-39-48(43)55(75)71(54(39)74)44-16-17-46(72)67-53(44)73/h1,7,10-12,15,26-28,34-36,44,62H,8-9,13-14,16-25,29-32H2,2-5H3,(H,63,76)(H,67,72,73)/t34?,35?,36-,44?,59-/m0/s1. The van der Waals surface area contributed by atoms with E-state index in [2.05, 4.69) is 31.7 Å². The number of terminal acetylenes is 1. The van der Waals surface area contributed by atoms with Crippen LogP contribution in [0.5, 0.6) is 5.75 Å². The van der Waals surface area contributed by atoms with Gasteiger partial charge in [-0.2, -0.15) is 0 Å². The van der Waals surface area contributed by atoms with Gasteiger partial charge in [0.25, 0.3) is 11.8 Å². The minimum absolute atomic E-state index is 0.0206. The number of nitrogens with one attached hydrogen (secondary N) is 3. The fraction of sp³-hybridized carbons (Fsp3) is 0.475. The summed E-state index contributed by atoms with van der Waals surface area (Å²) >= 11 is 0. The van der Waals surface area contributed by atoms with Crippen LogP contribution in [-0.4, -0.2) is 154 Å². The molecule has 0 radical (unpaired) electrons. The molecule has 6 aliphatic heterocycles. The third kappa shape index (κ3) is 10.5. The number of imide groups is 2. The first-order valence-corrected chi connectivity index (χ1v) is 27.7. The van der Waals surface area contributed by atoms with Crippen LogP contribution in [0.1, 0.15) is 117 Å². The number of benzene rings is 3. The number of piperazine rings is 1. The number of anilines is 2. The number of hydrogen-bond acceptors (Lipinski definition) is 16. The van der Waals surface area contributed by atoms with E-state index in [1.807, 2.05) is 25.7 Å². The number of fused-ring (bicyclic) bond motifs is 6. The number of rotatable bonds is 16. The van der Waals surface area contributed by atoms with Crippen molar-refractivity contribution in [3.05, 3.63) is 82.8 Å². The average molecular weight is 1110 g/mol. The van der Waals surface area contributed by atoms with Crippen LogP contribution in [0.25, 0.3) is 32.9 Å². The Morgan fingerprint density at radius 3 is 2.52 bits per heavy atom. The molecular formula is C59H64F2N10O10. The molecule has 5 aromatic rings. The third-order valence-corrected chi connectivity index (χ3v) is 16.5. The second kappa shape index (κ2) is 22.1. The Bertz CT molecular complexity index is 3430. The molecule has 0 saturated carbocycles. The maximum absolute atomic E-state index is 17.8. The monoisotopic (exact) mass is 1110 g/mol. The van der Waals surface area contributed by atoms with Crippen molar-refractivity contribution in [2.75, 3.05) is 63.5 Å². The molecule has 2 aromatic heterocycles. The topological polar surface area (TPSA) is 227 Å². The van der Waals surface area contributed by atoms with Crippen LogP contribution in [0.15, 0.2) is 48.7 Å². The number of aromatic nitrogens is 3. The maximum atomic E-state index is 17.8. The molecule has 3 aromatic carbocycles. The lowest BCUT2D eigenvalue weighted by molar-refractivity contribution is -0.136. The summed E-state index contributed by atoms with van der Waals surface area (Å²) in [6.07, 6.45) is 13.1. The van der Waals surface area contributed by atoms with Gasteiger partial charge >= 0.3 is 12.2 Å². The quantitative estimate of drug-likeness (QED) is 0.0383. The average Bonchev–Trinajstić information content (AvgIpc) is 4.35. The number of methoxy groups -OCH3 is 1. The summed E-state index contributed by atoms with van der Waals surface area (Å²) in [5.41, 5.74) is -0.0699. The number of carbonyl (C=O) groups is 6. The van der Waals surface area contributed by atoms with E-state index in [1.165, 1.54) is 19.2 Å². The molecule has 3 N–H and O–H groups in total. The summed E-state index contributed by atoms with van der Waals surface area (Å²) in [5, 5.41) is 9.40. The molecule has 11 rings (SSSR count). The fourth-order valence-electron chi connectivity index (χ4n) is 13.0. The predicted octanol–water partition coefficient (Wildman–Crippen LogP) is 7.23. The van der Waals surface area contributed by atoms with E-state index < -0.39 is 53.0 Å². The van der Waals surface area contributed by atoms with Crippen molar-refractivity contribution in [2.24, 2.45) is 0 Å². The number of halogens is 2. The number of piperidine rings is 1. The largest absolute Gasteiger partial charge is 0.468 e. The van der Waals surface area contributed by atoms with E-state index in [4.69, 9.17) is 40.3 Å². The minimum Gasteiger partial charge on any atom is -0.468 e. The van der Waals surface area contributed by atoms with Gasteiger partial charge < -0.3 is 34.5 Å². The number of amides is 6. The molecule has 81 heavy (non-hydrogen) atoms. The van der Waals surface area contributed by atoms with Gasteiger partial charge in [0.05, 0.1) is 34.2 Å². The number of alkyl carbamates (subject to hydrolysis) is 1. The van der Waals surface area contributed by atoms with Crippen molar-refractivity contribution in [3.8, 4) is 29.4 Å². The van der Waals surface area contributed by atoms with E-state index in [-0.39, 0.29) is 101 Å². The van der Waals surface area contributed by atoms with Gasteiger partial charge in [-0.1, -0.05) is 18.1 Å². The lowest BCUT2D eigenvalue weighted by Crippen LogP contribution is -2.57. The second-order valence-corrected chi connectivity index (χ2v) is 22.7. The third-order valence-electron chi connectivity index (χ3n) is 16.5. The Hall–Kier alpha value is -8.03. The smallest absolute Gasteiger partial charge is 0.410 e. The van der Waals surface area contributed by atoms with Crippen LogP contribution in [0, 0.1) is 24.0 Å². The molecule has 6 amide bonds. The molecule has 8 heterocycles. The zero-order chi connectivity index (χ0) is 56.9. The van der Waals surface area contributed by atoms with Crippen molar-refractivity contribution in [2.45, 2.75) is 127 Å². The van der Waals surface area contributed by atoms with Crippen LogP contribution in [-0.2, 0) is 30.2 Å². The van der Waals surface area contributed by atoms with Gasteiger partial charge in [-0.25, -0.2) is 28.3 Å². The zero-order valence-corrected chi connectivity index (χ0v) is 45.7. The molecule has 5 saturated heterocycles. The van der Waals surface area contributed by atoms with Gasteiger partial charge in [-0.15, -0.1) is 6.42 Å². The van der Waals surface area contributed by atoms with E-state index in [9.17, 15) is 28.8 Å². The summed E-state index contributed by atoms with van der Waals surface area (Å²) in [6.45, 7) is 7.88. The van der Waals surface area contributed by atoms with Gasteiger partial charge in [-0.3, -0.25) is 44.2 Å². The lowest BCUT2D eigenvalue weighted by Gasteiger charge is -2.42. The highest BCUT2D eigenvalue weighted by Gasteiger charge is 2.50. The van der Waals surface area contributed by atoms with Crippen molar-refractivity contribution in [1.29, 1.82) is 0 Å². The number of ether oxygens (including phenoxy) is 4. The van der Waals surface area contributed by atoms with Crippen molar-refractivity contribution < 1.29 is 56.5 Å². The molecule has 5 fully saturated rings. The van der Waals surface area contributed by atoms with Crippen molar-refractivity contribution in [1.82, 2.24) is 40.3 Å². The van der Waals surface area contributed by atoms with Gasteiger partial charge in [-0.05, 0) is 121 Å². The lowest BCUT2D eigenvalue weighted by atomic mass is 9.88. The Kier molecular flexibility index (Phi) is 15.0. The molecule has 20 nitrogen and oxygen atoms in total. The van der Waals surface area contributed by atoms with Crippen molar-refractivity contribution >= 4 is 69.0 Å². The molecule has 22 heteroatoms. The SMILES string of the molecule is C#Cc1c(F)ccc2cc(OCOC)cc(-c3ncc4c(N5CC6CCC(C5)N6C(=O)OC(C)(C)C)nc(CC[C@@]56CCCN5[C@H](COC(=O)NCCCNc5cccc7c5C(=O)N(C5CCC(=O)NC5=O)C7=O)CC6)nc4c3F)c12. The minimum atomic E-state index is -1.08. The molecule has 0 aliphatic carbocycles. The number of nitrogens with zero attached hydrogens (tertiary/aromatic N) is 7. The molecule has 0 spiro atoms. The highest BCUT2D eigenvalue weighted by atomic mass is 19.1. The second-order valence-electron chi connectivity index (χ2n) is 22.7. The highest BCUT2D eigenvalue weighted by Crippen LogP contribution is 2.46. The van der Waals surface area contributed by atoms with Crippen LogP contribution in [0.2, 0.25) is 0 Å². The number of hydrogen-bond donors (Lipinski definition) is 3. The number of carbonyl (C=O) groups excluding carboxylic acids is 6. The Morgan fingerprint density at radius 1 is 0.963 bits per heavy atom. The Morgan fingerprint density at radius 2 is 1.77 bits per heavy atom. The van der Waals surface area contributed by atoms with Gasteiger partial charge in [0, 0.05) is 80.5 Å². The van der Waals surface area contributed by atoms with E-state index in [0.29, 0.717) is 72.7 Å². The summed E-state index contributed by atoms with van der Waals surface area (Å²) in [5.74, 6) is -0.0125. The number of aryl methyl sites for hydroxylation is 1. The first-order valence-electron chi connectivity index (χ1n) is 27.7. The molecule has 5 atom stereocenters. The van der Waals surface area contributed by atoms with Crippen LogP contribution in [0.3, 0.4) is 0 Å². The van der Waals surface area contributed by atoms with Crippen molar-refractivity contribution in [3.63, 3.8) is 0 Å². The molecular weight excluding hydrogens is 1050 g/mol. The molecule has 3 unspecified atom stereocenters. The molecule has 2 bridgehead atoms. The summed E-state index contributed by atoms with van der Waals surface area (Å²) in [6, 6.07) is 9.46. The van der Waals surface area contributed by atoms with Crippen LogP contribution >= 0.6 is 0 Å². The normalized spacial score (nSPS) is 22.5. The van der Waals surface area contributed by atoms with Crippen LogP contribution < -0.4 is 25.6 Å². The van der Waals surface area contributed by atoms with Gasteiger partial charge in [0.1, 0.15) is 52.7 Å². The predicted molar refractivity (Wildman–Crippen MR) is 293 cm³/mol. The fourth-order valence-corrected chi connectivity index (χ4v) is 13.0. The molecule has 424 valence electrons. The maximum Gasteiger partial charge on any atom is 0.410 e. The number of pyridine rings is 1. The highest BCUT2D eigenvalue weighted by molar-refractivity contribution is 6.25. The first kappa shape index (κ1) is 54.9. The first-order chi connectivity index (χ1) is 38.9. The van der Waals surface area contributed by atoms with Gasteiger partial charge in [0.15, 0.2) is 12.6 Å². The summed E-state index contributed by atoms with van der Waals surface area (Å²) < 4.78 is 55.8. The van der Waals surface area contributed by atoms with E-state index >= 15 is 8.78 Å².